The van der Waals surface area contributed by atoms with Gasteiger partial charge in [0.2, 0.25) is 5.91 Å². The summed E-state index contributed by atoms with van der Waals surface area (Å²) < 4.78 is 0. The number of halogens is 1. The van der Waals surface area contributed by atoms with Crippen molar-refractivity contribution in [3.63, 3.8) is 0 Å². The van der Waals surface area contributed by atoms with Gasteiger partial charge >= 0.3 is 0 Å². The number of hydrogen-bond donors (Lipinski definition) is 3. The van der Waals surface area contributed by atoms with E-state index < -0.39 is 0 Å². The first-order chi connectivity index (χ1) is 7.08. The van der Waals surface area contributed by atoms with Gasteiger partial charge in [0, 0.05) is 12.6 Å². The molecule has 0 aromatic carbocycles. The molecule has 4 N–H and O–H groups in total. The summed E-state index contributed by atoms with van der Waals surface area (Å²) in [5, 5.41) is 5.68. The van der Waals surface area contributed by atoms with E-state index in [1.165, 1.54) is 0 Å². The zero-order valence-corrected chi connectivity index (χ0v) is 11.8. The predicted octanol–water partition coefficient (Wildman–Crippen LogP) is 0.363. The Hall–Kier alpha value is -0.790. The number of nitrogens with one attached hydrogen (secondary N) is 2. The third kappa shape index (κ3) is 7.49. The first-order valence-electron chi connectivity index (χ1n) is 5.05. The molecular weight excluding hydrogens is 319 g/mol. The molecule has 0 unspecified atom stereocenters. The van der Waals surface area contributed by atoms with Crippen LogP contribution in [0.5, 0.6) is 0 Å². The molecule has 1 aliphatic carbocycles. The second-order valence-corrected chi connectivity index (χ2v) is 3.85. The average molecular weight is 338 g/mol. The monoisotopic (exact) mass is 338 g/mol. The van der Waals surface area contributed by atoms with E-state index in [0.29, 0.717) is 12.6 Å². The van der Waals surface area contributed by atoms with Crippen molar-refractivity contribution in [1.82, 2.24) is 10.6 Å². The van der Waals surface area contributed by atoms with E-state index in [2.05, 4.69) is 22.2 Å². The van der Waals surface area contributed by atoms with Crippen molar-refractivity contribution in [2.75, 3.05) is 13.1 Å². The highest BCUT2D eigenvalue weighted by Crippen LogP contribution is 2.18. The summed E-state index contributed by atoms with van der Waals surface area (Å²) in [5.41, 5.74) is 6.50. The number of nitrogens with zero attached hydrogens (tertiary/aromatic N) is 1. The number of nitrogens with two attached hydrogens (primary N) is 1. The van der Waals surface area contributed by atoms with E-state index in [4.69, 9.17) is 5.73 Å². The molecule has 16 heavy (non-hydrogen) atoms. The highest BCUT2D eigenvalue weighted by molar-refractivity contribution is 14.0. The predicted molar refractivity (Wildman–Crippen MR) is 75.9 cm³/mol. The van der Waals surface area contributed by atoms with Gasteiger partial charge in [-0.3, -0.25) is 4.79 Å². The van der Waals surface area contributed by atoms with Crippen molar-refractivity contribution in [2.45, 2.75) is 25.8 Å². The van der Waals surface area contributed by atoms with Crippen LogP contribution in [0.4, 0.5) is 0 Å². The molecule has 0 aromatic rings. The quantitative estimate of drug-likeness (QED) is 0.293. The first kappa shape index (κ1) is 15.2. The van der Waals surface area contributed by atoms with Gasteiger partial charge in [-0.15, -0.1) is 24.0 Å². The number of hydrogen-bond acceptors (Lipinski definition) is 2. The van der Waals surface area contributed by atoms with Crippen LogP contribution >= 0.6 is 24.0 Å². The normalized spacial score (nSPS) is 14.9. The zero-order chi connectivity index (χ0) is 11.3. The van der Waals surface area contributed by atoms with Crippen molar-refractivity contribution >= 4 is 35.8 Å². The van der Waals surface area contributed by atoms with E-state index in [1.807, 2.05) is 6.92 Å². The molecule has 0 bridgehead atoms. The number of carbonyl (C=O) groups is 1. The fraction of sp³-hybridized carbons (Fsp3) is 0.600. The zero-order valence-electron chi connectivity index (χ0n) is 9.45. The molecule has 0 atom stereocenters. The summed E-state index contributed by atoms with van der Waals surface area (Å²) >= 11 is 0. The van der Waals surface area contributed by atoms with Crippen LogP contribution in [0, 0.1) is 0 Å². The summed E-state index contributed by atoms with van der Waals surface area (Å²) in [5.74, 6) is 0.210. The summed E-state index contributed by atoms with van der Waals surface area (Å²) in [6, 6.07) is 0.373. The molecule has 92 valence electrons. The minimum atomic E-state index is -0.0717. The highest BCUT2D eigenvalue weighted by Gasteiger charge is 2.22. The molecule has 1 aliphatic rings. The SMILES string of the molecule is C=C(C)CNC(N)=NCC(=O)NC1CC1.I. The minimum absolute atomic E-state index is 0. The Kier molecular flexibility index (Phi) is 7.11. The highest BCUT2D eigenvalue weighted by atomic mass is 127. The van der Waals surface area contributed by atoms with Gasteiger partial charge in [0.15, 0.2) is 5.96 Å². The molecule has 1 rings (SSSR count). The fourth-order valence-electron chi connectivity index (χ4n) is 0.955. The van der Waals surface area contributed by atoms with Crippen molar-refractivity contribution < 1.29 is 4.79 Å². The topological polar surface area (TPSA) is 79.5 Å². The minimum Gasteiger partial charge on any atom is -0.370 e. The Bertz CT molecular complexity index is 287. The van der Waals surface area contributed by atoms with Gasteiger partial charge in [0.25, 0.3) is 0 Å². The molecule has 1 amide bonds. The van der Waals surface area contributed by atoms with Gasteiger partial charge < -0.3 is 16.4 Å². The van der Waals surface area contributed by atoms with E-state index in [-0.39, 0.29) is 42.4 Å². The molecule has 0 heterocycles. The molecule has 0 saturated heterocycles. The van der Waals surface area contributed by atoms with Gasteiger partial charge in [0.05, 0.1) is 0 Å². The molecule has 0 aromatic heterocycles. The first-order valence-corrected chi connectivity index (χ1v) is 5.05. The summed E-state index contributed by atoms with van der Waals surface area (Å²) in [6.07, 6.45) is 2.16. The molecule has 1 fully saturated rings. The van der Waals surface area contributed by atoms with Crippen LogP contribution in [-0.4, -0.2) is 31.0 Å². The summed E-state index contributed by atoms with van der Waals surface area (Å²) in [4.78, 5) is 15.1. The van der Waals surface area contributed by atoms with Crippen LogP contribution in [0.2, 0.25) is 0 Å². The molecule has 0 radical (unpaired) electrons. The lowest BCUT2D eigenvalue weighted by Gasteiger charge is -2.04. The summed E-state index contributed by atoms with van der Waals surface area (Å²) in [6.45, 7) is 6.28. The Labute approximate surface area is 113 Å². The number of amides is 1. The van der Waals surface area contributed by atoms with Crippen molar-refractivity contribution in [2.24, 2.45) is 10.7 Å². The van der Waals surface area contributed by atoms with Crippen LogP contribution in [-0.2, 0) is 4.79 Å². The Morgan fingerprint density at radius 3 is 2.69 bits per heavy atom. The van der Waals surface area contributed by atoms with E-state index in [0.717, 1.165) is 18.4 Å². The number of carbonyl (C=O) groups excluding carboxylic acids is 1. The van der Waals surface area contributed by atoms with E-state index in [1.54, 1.807) is 0 Å². The Morgan fingerprint density at radius 1 is 1.56 bits per heavy atom. The maximum Gasteiger partial charge on any atom is 0.242 e. The van der Waals surface area contributed by atoms with Gasteiger partial charge in [-0.2, -0.15) is 0 Å². The third-order valence-corrected chi connectivity index (χ3v) is 1.91. The van der Waals surface area contributed by atoms with Crippen molar-refractivity contribution in [3.8, 4) is 0 Å². The maximum atomic E-state index is 11.2. The molecule has 0 aliphatic heterocycles. The van der Waals surface area contributed by atoms with E-state index in [9.17, 15) is 4.79 Å². The maximum absolute atomic E-state index is 11.2. The van der Waals surface area contributed by atoms with Gasteiger partial charge in [-0.25, -0.2) is 4.99 Å². The van der Waals surface area contributed by atoms with Gasteiger partial charge in [-0.05, 0) is 19.8 Å². The van der Waals surface area contributed by atoms with Gasteiger partial charge in [0.1, 0.15) is 6.54 Å². The second-order valence-electron chi connectivity index (χ2n) is 3.85. The van der Waals surface area contributed by atoms with Crippen LogP contribution in [0.25, 0.3) is 0 Å². The molecule has 6 heteroatoms. The molecule has 1 saturated carbocycles. The number of guanidine groups is 1. The Balaban J connectivity index is 0.00000225. The lowest BCUT2D eigenvalue weighted by atomic mass is 10.3. The van der Waals surface area contributed by atoms with Crippen LogP contribution in [0.1, 0.15) is 19.8 Å². The van der Waals surface area contributed by atoms with Crippen LogP contribution in [0.3, 0.4) is 0 Å². The largest absolute Gasteiger partial charge is 0.370 e. The molecule has 0 spiro atoms. The number of rotatable bonds is 5. The fourth-order valence-corrected chi connectivity index (χ4v) is 0.955. The lowest BCUT2D eigenvalue weighted by Crippen LogP contribution is -2.35. The number of aliphatic imine (C=N–C) groups is 1. The lowest BCUT2D eigenvalue weighted by molar-refractivity contribution is -0.119. The second kappa shape index (κ2) is 7.48. The van der Waals surface area contributed by atoms with Crippen molar-refractivity contribution in [3.05, 3.63) is 12.2 Å². The third-order valence-electron chi connectivity index (χ3n) is 1.91. The van der Waals surface area contributed by atoms with Crippen molar-refractivity contribution in [1.29, 1.82) is 0 Å². The van der Waals surface area contributed by atoms with Crippen LogP contribution in [0.15, 0.2) is 17.1 Å². The Morgan fingerprint density at radius 2 is 2.19 bits per heavy atom. The van der Waals surface area contributed by atoms with Crippen LogP contribution < -0.4 is 16.4 Å². The van der Waals surface area contributed by atoms with Gasteiger partial charge in [-0.1, -0.05) is 12.2 Å². The summed E-state index contributed by atoms with van der Waals surface area (Å²) in [7, 11) is 0. The molecular formula is C10H19IN4O. The van der Waals surface area contributed by atoms with E-state index >= 15 is 0 Å². The standard InChI is InChI=1S/C10H18N4O.HI/c1-7(2)5-12-10(11)13-6-9(15)14-8-3-4-8;/h8H,1,3-6H2,2H3,(H,14,15)(H3,11,12,13);1H. The smallest absolute Gasteiger partial charge is 0.242 e. The average Bonchev–Trinajstić information content (AvgIpc) is 2.95. The molecule has 5 nitrogen and oxygen atoms in total.